The molecule has 0 unspecified atom stereocenters. The summed E-state index contributed by atoms with van der Waals surface area (Å²) in [5, 5.41) is 0. The van der Waals surface area contributed by atoms with Crippen LogP contribution in [-0.4, -0.2) is 0 Å². The van der Waals surface area contributed by atoms with Crippen molar-refractivity contribution in [3.8, 4) is 0 Å². The highest BCUT2D eigenvalue weighted by molar-refractivity contribution is 5.31. The molecule has 4 aliphatic rings. The van der Waals surface area contributed by atoms with E-state index in [4.69, 9.17) is 0 Å². The first kappa shape index (κ1) is 19.5. The van der Waals surface area contributed by atoms with Crippen molar-refractivity contribution in [2.45, 2.75) is 116 Å². The van der Waals surface area contributed by atoms with Crippen molar-refractivity contribution in [3.63, 3.8) is 0 Å². The standard InChI is InChI=1S/C27H42/c1-3-5-6-7-23-10-14-25(15-11-23)27-19-16-26(17-20-27,18-21-27)24-12-8-22(4-2)9-13-24/h8-9,12-13,23,25H,3-7,10-11,14-21H2,1-2H3. The van der Waals surface area contributed by atoms with E-state index in [-0.39, 0.29) is 0 Å². The van der Waals surface area contributed by atoms with Crippen LogP contribution in [0.2, 0.25) is 0 Å². The summed E-state index contributed by atoms with van der Waals surface area (Å²) < 4.78 is 0. The lowest BCUT2D eigenvalue weighted by molar-refractivity contribution is -0.0294. The fourth-order valence-corrected chi connectivity index (χ4v) is 7.10. The minimum absolute atomic E-state index is 0.533. The molecule has 0 atom stereocenters. The predicted molar refractivity (Wildman–Crippen MR) is 117 cm³/mol. The Bertz CT molecular complexity index is 562. The van der Waals surface area contributed by atoms with Gasteiger partial charge < -0.3 is 0 Å². The summed E-state index contributed by atoms with van der Waals surface area (Å²) in [6.45, 7) is 4.60. The number of hydrogen-bond donors (Lipinski definition) is 0. The molecule has 0 aromatic heterocycles. The number of unbranched alkanes of at least 4 members (excludes halogenated alkanes) is 2. The Kier molecular flexibility index (Phi) is 6.00. The molecule has 27 heavy (non-hydrogen) atoms. The van der Waals surface area contributed by atoms with E-state index in [0.717, 1.165) is 23.7 Å². The lowest BCUT2D eigenvalue weighted by Crippen LogP contribution is -2.48. The Morgan fingerprint density at radius 2 is 1.41 bits per heavy atom. The van der Waals surface area contributed by atoms with Crippen LogP contribution in [0.25, 0.3) is 0 Å². The topological polar surface area (TPSA) is 0 Å². The van der Waals surface area contributed by atoms with Crippen molar-refractivity contribution >= 4 is 0 Å². The fourth-order valence-electron chi connectivity index (χ4n) is 7.10. The molecule has 0 aliphatic heterocycles. The van der Waals surface area contributed by atoms with E-state index in [1.807, 2.05) is 0 Å². The van der Waals surface area contributed by atoms with Crippen LogP contribution in [0.4, 0.5) is 0 Å². The molecule has 0 heteroatoms. The van der Waals surface area contributed by atoms with Gasteiger partial charge in [0, 0.05) is 0 Å². The molecule has 2 bridgehead atoms. The van der Waals surface area contributed by atoms with Crippen molar-refractivity contribution in [1.82, 2.24) is 0 Å². The summed E-state index contributed by atoms with van der Waals surface area (Å²) in [6, 6.07) is 9.72. The number of fused-ring (bicyclic) bond motifs is 3. The highest BCUT2D eigenvalue weighted by Gasteiger charge is 2.52. The molecule has 0 N–H and O–H groups in total. The number of benzene rings is 1. The van der Waals surface area contributed by atoms with E-state index < -0.39 is 0 Å². The maximum atomic E-state index is 2.47. The van der Waals surface area contributed by atoms with Crippen LogP contribution >= 0.6 is 0 Å². The average molecular weight is 367 g/mol. The van der Waals surface area contributed by atoms with Crippen LogP contribution in [0, 0.1) is 17.3 Å². The van der Waals surface area contributed by atoms with E-state index in [0.29, 0.717) is 5.41 Å². The maximum absolute atomic E-state index is 2.47. The van der Waals surface area contributed by atoms with Crippen LogP contribution in [-0.2, 0) is 11.8 Å². The van der Waals surface area contributed by atoms with E-state index in [2.05, 4.69) is 38.1 Å². The van der Waals surface area contributed by atoms with Crippen LogP contribution in [0.5, 0.6) is 0 Å². The Morgan fingerprint density at radius 3 is 1.96 bits per heavy atom. The fraction of sp³-hybridized carbons (Fsp3) is 0.778. The molecule has 0 amide bonds. The van der Waals surface area contributed by atoms with Gasteiger partial charge in [0.2, 0.25) is 0 Å². The minimum Gasteiger partial charge on any atom is -0.0654 e. The SMILES string of the molecule is CCCCCC1CCC(C23CCC(c4ccc(CC)cc4)(CC2)CC3)CC1. The van der Waals surface area contributed by atoms with Gasteiger partial charge in [-0.15, -0.1) is 0 Å². The van der Waals surface area contributed by atoms with Crippen molar-refractivity contribution in [1.29, 1.82) is 0 Å². The molecule has 0 radical (unpaired) electrons. The molecular formula is C27H42. The molecule has 1 aromatic rings. The van der Waals surface area contributed by atoms with Gasteiger partial charge in [0.15, 0.2) is 0 Å². The van der Waals surface area contributed by atoms with E-state index in [1.165, 1.54) is 69.8 Å². The third-order valence-electron chi connectivity index (χ3n) is 9.21. The molecule has 5 rings (SSSR count). The largest absolute Gasteiger partial charge is 0.0654 e. The van der Waals surface area contributed by atoms with Crippen LogP contribution in [0.15, 0.2) is 24.3 Å². The summed E-state index contributed by atoms with van der Waals surface area (Å²) in [4.78, 5) is 0. The molecule has 0 spiro atoms. The smallest absolute Gasteiger partial charge is 0.00463 e. The lowest BCUT2D eigenvalue weighted by Gasteiger charge is -2.58. The van der Waals surface area contributed by atoms with Crippen molar-refractivity contribution in [2.24, 2.45) is 17.3 Å². The second-order valence-electron chi connectivity index (χ2n) is 10.4. The normalized spacial score (nSPS) is 36.1. The minimum atomic E-state index is 0.533. The number of rotatable bonds is 7. The van der Waals surface area contributed by atoms with Crippen LogP contribution in [0.3, 0.4) is 0 Å². The average Bonchev–Trinajstić information content (AvgIpc) is 2.76. The molecular weight excluding hydrogens is 324 g/mol. The number of aryl methyl sites for hydroxylation is 1. The van der Waals surface area contributed by atoms with Gasteiger partial charge in [0.05, 0.1) is 0 Å². The van der Waals surface area contributed by atoms with Crippen molar-refractivity contribution < 1.29 is 0 Å². The van der Waals surface area contributed by atoms with Crippen LogP contribution in [0.1, 0.15) is 115 Å². The summed E-state index contributed by atoms with van der Waals surface area (Å²) in [5.41, 5.74) is 4.42. The molecule has 1 aromatic carbocycles. The zero-order valence-electron chi connectivity index (χ0n) is 18.1. The van der Waals surface area contributed by atoms with Gasteiger partial charge in [-0.05, 0) is 91.6 Å². The summed E-state index contributed by atoms with van der Waals surface area (Å²) in [6.07, 6.45) is 22.1. The molecule has 0 heterocycles. The lowest BCUT2D eigenvalue weighted by atomic mass is 9.47. The highest BCUT2D eigenvalue weighted by Crippen LogP contribution is 2.62. The molecule has 0 nitrogen and oxygen atoms in total. The molecule has 4 fully saturated rings. The first-order valence-electron chi connectivity index (χ1n) is 12.3. The summed E-state index contributed by atoms with van der Waals surface area (Å²) in [5.74, 6) is 2.12. The van der Waals surface area contributed by atoms with Crippen molar-refractivity contribution in [3.05, 3.63) is 35.4 Å². The van der Waals surface area contributed by atoms with Gasteiger partial charge in [0.1, 0.15) is 0 Å². The van der Waals surface area contributed by atoms with Crippen LogP contribution < -0.4 is 0 Å². The summed E-state index contributed by atoms with van der Waals surface area (Å²) in [7, 11) is 0. The zero-order valence-corrected chi connectivity index (χ0v) is 18.1. The first-order chi connectivity index (χ1) is 13.2. The Balaban J connectivity index is 1.34. The first-order valence-corrected chi connectivity index (χ1v) is 12.3. The Labute approximate surface area is 168 Å². The van der Waals surface area contributed by atoms with Gasteiger partial charge in [-0.25, -0.2) is 0 Å². The Hall–Kier alpha value is -0.780. The van der Waals surface area contributed by atoms with E-state index >= 15 is 0 Å². The van der Waals surface area contributed by atoms with Gasteiger partial charge in [-0.3, -0.25) is 0 Å². The van der Waals surface area contributed by atoms with Crippen molar-refractivity contribution in [2.75, 3.05) is 0 Å². The quantitative estimate of drug-likeness (QED) is 0.426. The van der Waals surface area contributed by atoms with Gasteiger partial charge in [0.25, 0.3) is 0 Å². The van der Waals surface area contributed by atoms with Gasteiger partial charge >= 0.3 is 0 Å². The monoisotopic (exact) mass is 366 g/mol. The highest BCUT2D eigenvalue weighted by atomic mass is 14.6. The Morgan fingerprint density at radius 1 is 0.778 bits per heavy atom. The van der Waals surface area contributed by atoms with Gasteiger partial charge in [-0.2, -0.15) is 0 Å². The molecule has 4 aliphatic carbocycles. The molecule has 150 valence electrons. The van der Waals surface area contributed by atoms with E-state index in [9.17, 15) is 0 Å². The molecule has 0 saturated heterocycles. The van der Waals surface area contributed by atoms with Gasteiger partial charge in [-0.1, -0.05) is 76.6 Å². The second kappa shape index (κ2) is 8.30. The third kappa shape index (κ3) is 3.88. The third-order valence-corrected chi connectivity index (χ3v) is 9.21. The van der Waals surface area contributed by atoms with E-state index in [1.54, 1.807) is 31.2 Å². The predicted octanol–water partition coefficient (Wildman–Crippen LogP) is 8.23. The maximum Gasteiger partial charge on any atom is -0.00463 e. The second-order valence-corrected chi connectivity index (χ2v) is 10.4. The number of hydrogen-bond acceptors (Lipinski definition) is 0. The molecule has 4 saturated carbocycles. The zero-order chi connectivity index (χ0) is 18.7. The summed E-state index contributed by atoms with van der Waals surface area (Å²) >= 11 is 0.